The number of rotatable bonds is 6. The second-order valence-electron chi connectivity index (χ2n) is 6.36. The third-order valence-corrected chi connectivity index (χ3v) is 6.17. The molecular formula is C17H24ClN3O3S. The lowest BCUT2D eigenvalue weighted by Crippen LogP contribution is -2.48. The average molecular weight is 386 g/mol. The molecule has 25 heavy (non-hydrogen) atoms. The summed E-state index contributed by atoms with van der Waals surface area (Å²) < 4.78 is 23.5. The lowest BCUT2D eigenvalue weighted by molar-refractivity contribution is 0.176. The fourth-order valence-electron chi connectivity index (χ4n) is 2.67. The smallest absolute Gasteiger partial charge is 0.319 e. The Hall–Kier alpha value is -1.57. The van der Waals surface area contributed by atoms with Gasteiger partial charge in [-0.2, -0.15) is 0 Å². The van der Waals surface area contributed by atoms with Crippen LogP contribution in [0.3, 0.4) is 0 Å². The summed E-state index contributed by atoms with van der Waals surface area (Å²) in [6, 6.07) is 6.74. The topological polar surface area (TPSA) is 69.7 Å². The Morgan fingerprint density at radius 2 is 2.04 bits per heavy atom. The van der Waals surface area contributed by atoms with Gasteiger partial charge in [0.15, 0.2) is 9.84 Å². The van der Waals surface area contributed by atoms with Crippen LogP contribution in [0.1, 0.15) is 12.0 Å². The molecule has 1 fully saturated rings. The van der Waals surface area contributed by atoms with Gasteiger partial charge in [-0.05, 0) is 38.2 Å². The molecule has 1 aromatic carbocycles. The molecule has 2 amide bonds. The Bertz CT molecular complexity index is 734. The van der Waals surface area contributed by atoms with Crippen LogP contribution < -0.4 is 5.32 Å². The van der Waals surface area contributed by atoms with Gasteiger partial charge in [0.25, 0.3) is 0 Å². The van der Waals surface area contributed by atoms with Gasteiger partial charge >= 0.3 is 6.03 Å². The number of halogens is 1. The van der Waals surface area contributed by atoms with Crippen molar-refractivity contribution in [2.75, 3.05) is 38.7 Å². The van der Waals surface area contributed by atoms with Gasteiger partial charge in [0, 0.05) is 30.4 Å². The summed E-state index contributed by atoms with van der Waals surface area (Å²) in [7, 11) is 0.779. The van der Waals surface area contributed by atoms with Crippen molar-refractivity contribution in [2.24, 2.45) is 0 Å². The van der Waals surface area contributed by atoms with E-state index in [2.05, 4.69) is 5.32 Å². The molecule has 1 aliphatic heterocycles. The predicted octanol–water partition coefficient (Wildman–Crippen LogP) is 2.07. The minimum absolute atomic E-state index is 0.0298. The number of amides is 2. The number of hydrogen-bond donors (Lipinski definition) is 1. The van der Waals surface area contributed by atoms with Crippen LogP contribution >= 0.6 is 11.6 Å². The molecule has 138 valence electrons. The maximum Gasteiger partial charge on any atom is 0.321 e. The van der Waals surface area contributed by atoms with Gasteiger partial charge in [0.1, 0.15) is 0 Å². The molecule has 0 radical (unpaired) electrons. The second-order valence-corrected chi connectivity index (χ2v) is 8.99. The van der Waals surface area contributed by atoms with E-state index in [9.17, 15) is 13.2 Å². The van der Waals surface area contributed by atoms with Crippen molar-refractivity contribution < 1.29 is 13.2 Å². The third-order valence-electron chi connectivity index (χ3n) is 4.07. The summed E-state index contributed by atoms with van der Waals surface area (Å²) in [4.78, 5) is 16.1. The Kier molecular flexibility index (Phi) is 6.87. The number of urea groups is 1. The van der Waals surface area contributed by atoms with Crippen molar-refractivity contribution in [3.05, 3.63) is 41.1 Å². The lowest BCUT2D eigenvalue weighted by Gasteiger charge is -2.29. The highest BCUT2D eigenvalue weighted by molar-refractivity contribution is 7.91. The van der Waals surface area contributed by atoms with Crippen molar-refractivity contribution in [1.29, 1.82) is 0 Å². The Labute approximate surface area is 154 Å². The zero-order valence-corrected chi connectivity index (χ0v) is 16.1. The molecule has 1 atom stereocenters. The van der Waals surface area contributed by atoms with E-state index >= 15 is 0 Å². The SMILES string of the molecule is CN(C)CCN(C(=O)N/C=C/c1ccccc1Cl)C1CCS(=O)(=O)C1. The number of likely N-dealkylation sites (N-methyl/N-ethyl adjacent to an activating group) is 1. The summed E-state index contributed by atoms with van der Waals surface area (Å²) in [5.74, 6) is 0.168. The van der Waals surface area contributed by atoms with Gasteiger partial charge in [0.2, 0.25) is 0 Å². The summed E-state index contributed by atoms with van der Waals surface area (Å²) in [6.07, 6.45) is 3.74. The third kappa shape index (κ3) is 6.02. The molecule has 0 spiro atoms. The maximum atomic E-state index is 12.5. The van der Waals surface area contributed by atoms with Crippen LogP contribution in [-0.4, -0.2) is 69.0 Å². The van der Waals surface area contributed by atoms with Gasteiger partial charge in [-0.3, -0.25) is 0 Å². The fourth-order valence-corrected chi connectivity index (χ4v) is 4.60. The highest BCUT2D eigenvalue weighted by Crippen LogP contribution is 2.18. The highest BCUT2D eigenvalue weighted by Gasteiger charge is 2.34. The van der Waals surface area contributed by atoms with Crippen LogP contribution in [0.5, 0.6) is 0 Å². The number of carbonyl (C=O) groups excluding carboxylic acids is 1. The van der Waals surface area contributed by atoms with Crippen molar-refractivity contribution in [3.63, 3.8) is 0 Å². The largest absolute Gasteiger partial charge is 0.321 e. The molecule has 0 bridgehead atoms. The van der Waals surface area contributed by atoms with Crippen LogP contribution in [0.15, 0.2) is 30.5 Å². The van der Waals surface area contributed by atoms with Gasteiger partial charge in [0.05, 0.1) is 11.5 Å². The summed E-state index contributed by atoms with van der Waals surface area (Å²) in [5, 5.41) is 3.32. The minimum Gasteiger partial charge on any atom is -0.319 e. The van der Waals surface area contributed by atoms with Crippen molar-refractivity contribution in [2.45, 2.75) is 12.5 Å². The predicted molar refractivity (Wildman–Crippen MR) is 101 cm³/mol. The molecular weight excluding hydrogens is 362 g/mol. The van der Waals surface area contributed by atoms with Gasteiger partial charge < -0.3 is 15.1 Å². The first-order chi connectivity index (χ1) is 11.8. The van der Waals surface area contributed by atoms with Gasteiger partial charge in [-0.15, -0.1) is 0 Å². The molecule has 1 aliphatic rings. The summed E-state index contributed by atoms with van der Waals surface area (Å²) in [6.45, 7) is 1.14. The lowest BCUT2D eigenvalue weighted by atomic mass is 10.2. The molecule has 0 aliphatic carbocycles. The van der Waals surface area contributed by atoms with E-state index < -0.39 is 9.84 Å². The number of sulfone groups is 1. The van der Waals surface area contributed by atoms with Crippen LogP contribution in [0.4, 0.5) is 4.79 Å². The number of nitrogens with zero attached hydrogens (tertiary/aromatic N) is 2. The zero-order chi connectivity index (χ0) is 18.4. The first-order valence-corrected chi connectivity index (χ1v) is 10.3. The fraction of sp³-hybridized carbons (Fsp3) is 0.471. The Morgan fingerprint density at radius 3 is 2.64 bits per heavy atom. The van der Waals surface area contributed by atoms with Gasteiger partial charge in [-0.25, -0.2) is 13.2 Å². The van der Waals surface area contributed by atoms with Crippen molar-refractivity contribution >= 4 is 33.5 Å². The number of hydrogen-bond acceptors (Lipinski definition) is 4. The first-order valence-electron chi connectivity index (χ1n) is 8.12. The van der Waals surface area contributed by atoms with Crippen molar-refractivity contribution in [3.8, 4) is 0 Å². The van der Waals surface area contributed by atoms with E-state index in [1.807, 2.05) is 37.2 Å². The van der Waals surface area contributed by atoms with Crippen LogP contribution in [-0.2, 0) is 9.84 Å². The van der Waals surface area contributed by atoms with Crippen LogP contribution in [0.25, 0.3) is 6.08 Å². The molecule has 2 rings (SSSR count). The Balaban J connectivity index is 2.03. The molecule has 0 aromatic heterocycles. The monoisotopic (exact) mass is 385 g/mol. The zero-order valence-electron chi connectivity index (χ0n) is 14.5. The quantitative estimate of drug-likeness (QED) is 0.813. The van der Waals surface area contributed by atoms with Crippen LogP contribution in [0, 0.1) is 0 Å². The first kappa shape index (κ1) is 19.8. The average Bonchev–Trinajstić information content (AvgIpc) is 2.89. The molecule has 8 heteroatoms. The minimum atomic E-state index is -3.05. The molecule has 1 saturated heterocycles. The molecule has 1 heterocycles. The van der Waals surface area contributed by atoms with E-state index in [1.165, 1.54) is 6.20 Å². The number of benzene rings is 1. The van der Waals surface area contributed by atoms with Crippen LogP contribution in [0.2, 0.25) is 5.02 Å². The molecule has 1 unspecified atom stereocenters. The van der Waals surface area contributed by atoms with E-state index in [1.54, 1.807) is 17.0 Å². The molecule has 1 aromatic rings. The van der Waals surface area contributed by atoms with E-state index in [4.69, 9.17) is 11.6 Å². The van der Waals surface area contributed by atoms with Crippen molar-refractivity contribution in [1.82, 2.24) is 15.1 Å². The standard InChI is InChI=1S/C17H24ClN3O3S/c1-20(2)10-11-21(15-8-12-25(23,24)13-15)17(22)19-9-7-14-5-3-4-6-16(14)18/h3-7,9,15H,8,10-13H2,1-2H3,(H,19,22)/b9-7+. The molecule has 0 saturated carbocycles. The van der Waals surface area contributed by atoms with Gasteiger partial charge in [-0.1, -0.05) is 29.8 Å². The summed E-state index contributed by atoms with van der Waals surface area (Å²) >= 11 is 6.08. The second kappa shape index (κ2) is 8.69. The number of carbonyl (C=O) groups is 1. The number of nitrogens with one attached hydrogen (secondary N) is 1. The normalized spacial score (nSPS) is 19.4. The van der Waals surface area contributed by atoms with E-state index in [0.29, 0.717) is 24.5 Å². The van der Waals surface area contributed by atoms with E-state index in [-0.39, 0.29) is 23.6 Å². The highest BCUT2D eigenvalue weighted by atomic mass is 35.5. The molecule has 6 nitrogen and oxygen atoms in total. The maximum absolute atomic E-state index is 12.5. The Morgan fingerprint density at radius 1 is 1.32 bits per heavy atom. The van der Waals surface area contributed by atoms with E-state index in [0.717, 1.165) is 5.56 Å². The molecule has 1 N–H and O–H groups in total. The summed E-state index contributed by atoms with van der Waals surface area (Å²) in [5.41, 5.74) is 0.799.